The third-order valence-electron chi connectivity index (χ3n) is 1.45. The number of rotatable bonds is 1. The van der Waals surface area contributed by atoms with Crippen LogP contribution in [0.2, 0.25) is 0 Å². The highest BCUT2D eigenvalue weighted by molar-refractivity contribution is 5.79. The van der Waals surface area contributed by atoms with Crippen molar-refractivity contribution >= 4 is 5.97 Å². The fraction of sp³-hybridized carbons (Fsp3) is 0.727. The summed E-state index contributed by atoms with van der Waals surface area (Å²) in [4.78, 5) is 11.2. The van der Waals surface area contributed by atoms with Crippen molar-refractivity contribution < 1.29 is 9.53 Å². The van der Waals surface area contributed by atoms with Gasteiger partial charge < -0.3 is 4.74 Å². The number of methoxy groups -OCH3 is 1. The van der Waals surface area contributed by atoms with Crippen LogP contribution >= 0.6 is 0 Å². The van der Waals surface area contributed by atoms with E-state index in [0.717, 1.165) is 0 Å². The minimum absolute atomic E-state index is 0.0781. The average Bonchev–Trinajstić information content (AvgIpc) is 1.98. The zero-order chi connectivity index (χ0) is 10.7. The molecular weight excluding hydrogens is 164 g/mol. The van der Waals surface area contributed by atoms with Gasteiger partial charge in [0.2, 0.25) is 0 Å². The quantitative estimate of drug-likeness (QED) is 0.459. The Bertz CT molecular complexity index is 245. The average molecular weight is 182 g/mol. The fourth-order valence-electron chi connectivity index (χ4n) is 0.650. The molecule has 0 aromatic heterocycles. The Balaban J connectivity index is 4.66. The Morgan fingerprint density at radius 3 is 1.85 bits per heavy atom. The molecule has 0 heterocycles. The van der Waals surface area contributed by atoms with Crippen molar-refractivity contribution in [2.75, 3.05) is 7.11 Å². The first-order valence-corrected chi connectivity index (χ1v) is 4.32. The van der Waals surface area contributed by atoms with Gasteiger partial charge in [-0.05, 0) is 34.6 Å². The van der Waals surface area contributed by atoms with E-state index in [4.69, 9.17) is 0 Å². The molecule has 2 nitrogen and oxygen atoms in total. The molecule has 0 unspecified atom stereocenters. The smallest absolute Gasteiger partial charge is 0.323 e. The number of esters is 1. The summed E-state index contributed by atoms with van der Waals surface area (Å²) < 4.78 is 4.64. The van der Waals surface area contributed by atoms with Gasteiger partial charge >= 0.3 is 5.97 Å². The second kappa shape index (κ2) is 3.83. The molecule has 0 spiro atoms. The maximum atomic E-state index is 11.2. The van der Waals surface area contributed by atoms with Crippen LogP contribution in [0.3, 0.4) is 0 Å². The van der Waals surface area contributed by atoms with E-state index in [2.05, 4.69) is 16.6 Å². The Hall–Kier alpha value is -0.970. The molecule has 0 aliphatic heterocycles. The molecule has 0 rings (SSSR count). The summed E-state index contributed by atoms with van der Waals surface area (Å²) in [5.74, 6) is 5.66. The molecule has 0 aromatic carbocycles. The van der Waals surface area contributed by atoms with Gasteiger partial charge in [-0.15, -0.1) is 0 Å². The molecule has 0 N–H and O–H groups in total. The molecule has 0 atom stereocenters. The van der Waals surface area contributed by atoms with Gasteiger partial charge in [-0.25, -0.2) is 0 Å². The largest absolute Gasteiger partial charge is 0.468 e. The van der Waals surface area contributed by atoms with Gasteiger partial charge in [0.25, 0.3) is 0 Å². The lowest BCUT2D eigenvalue weighted by atomic mass is 9.90. The van der Waals surface area contributed by atoms with Gasteiger partial charge in [-0.2, -0.15) is 0 Å². The van der Waals surface area contributed by atoms with E-state index in [1.807, 2.05) is 20.8 Å². The molecule has 0 amide bonds. The second-order valence-corrected chi connectivity index (χ2v) is 4.62. The van der Waals surface area contributed by atoms with Crippen molar-refractivity contribution in [2.24, 2.45) is 10.8 Å². The van der Waals surface area contributed by atoms with Crippen molar-refractivity contribution in [3.8, 4) is 11.8 Å². The number of ether oxygens (including phenoxy) is 1. The summed E-state index contributed by atoms with van der Waals surface area (Å²) in [6, 6.07) is 0. The van der Waals surface area contributed by atoms with Crippen LogP contribution in [0.15, 0.2) is 0 Å². The number of hydrogen-bond donors (Lipinski definition) is 0. The lowest BCUT2D eigenvalue weighted by molar-refractivity contribution is -0.147. The topological polar surface area (TPSA) is 26.3 Å². The van der Waals surface area contributed by atoms with E-state index in [9.17, 15) is 4.79 Å². The van der Waals surface area contributed by atoms with Gasteiger partial charge in [0.05, 0.1) is 7.11 Å². The molecule has 0 aliphatic carbocycles. The molecule has 0 aromatic rings. The summed E-state index contributed by atoms with van der Waals surface area (Å²) in [5, 5.41) is 0. The number of carbonyl (C=O) groups is 1. The van der Waals surface area contributed by atoms with Crippen LogP contribution in [-0.2, 0) is 9.53 Å². The number of carbonyl (C=O) groups excluding carboxylic acids is 1. The first-order valence-electron chi connectivity index (χ1n) is 4.32. The van der Waals surface area contributed by atoms with Gasteiger partial charge in [0.1, 0.15) is 5.41 Å². The monoisotopic (exact) mass is 182 g/mol. The van der Waals surface area contributed by atoms with Crippen molar-refractivity contribution in [3.05, 3.63) is 0 Å². The van der Waals surface area contributed by atoms with Crippen LogP contribution in [0.25, 0.3) is 0 Å². The minimum atomic E-state index is -0.706. The van der Waals surface area contributed by atoms with E-state index >= 15 is 0 Å². The molecular formula is C11H18O2. The standard InChI is InChI=1S/C11H18O2/c1-10(2,3)7-8-11(4,5)9(12)13-6/h1-6H3. The predicted octanol–water partition coefficient (Wildman–Crippen LogP) is 2.24. The van der Waals surface area contributed by atoms with Gasteiger partial charge in [-0.1, -0.05) is 11.8 Å². The Morgan fingerprint density at radius 2 is 1.54 bits per heavy atom. The fourth-order valence-corrected chi connectivity index (χ4v) is 0.650. The molecule has 2 heteroatoms. The van der Waals surface area contributed by atoms with Crippen LogP contribution in [0, 0.1) is 22.7 Å². The SMILES string of the molecule is COC(=O)C(C)(C)C#CC(C)(C)C. The van der Waals surface area contributed by atoms with Crippen molar-refractivity contribution in [3.63, 3.8) is 0 Å². The van der Waals surface area contributed by atoms with Crippen molar-refractivity contribution in [1.29, 1.82) is 0 Å². The van der Waals surface area contributed by atoms with Gasteiger partial charge in [0, 0.05) is 5.41 Å². The van der Waals surface area contributed by atoms with Crippen LogP contribution in [-0.4, -0.2) is 13.1 Å². The zero-order valence-corrected chi connectivity index (χ0v) is 9.32. The van der Waals surface area contributed by atoms with Gasteiger partial charge in [-0.3, -0.25) is 4.79 Å². The third kappa shape index (κ3) is 4.57. The zero-order valence-electron chi connectivity index (χ0n) is 9.32. The summed E-state index contributed by atoms with van der Waals surface area (Å²) in [5.41, 5.74) is -0.784. The Labute approximate surface area is 80.7 Å². The molecule has 0 saturated carbocycles. The maximum absolute atomic E-state index is 11.2. The molecule has 0 fully saturated rings. The van der Waals surface area contributed by atoms with Crippen LogP contribution in [0.1, 0.15) is 34.6 Å². The first kappa shape index (κ1) is 12.0. The summed E-state index contributed by atoms with van der Waals surface area (Å²) in [6.45, 7) is 9.54. The lowest BCUT2D eigenvalue weighted by Gasteiger charge is -2.15. The highest BCUT2D eigenvalue weighted by Gasteiger charge is 2.26. The molecule has 0 aliphatic rings. The molecule has 13 heavy (non-hydrogen) atoms. The predicted molar refractivity (Wildman–Crippen MR) is 53.0 cm³/mol. The molecule has 0 radical (unpaired) electrons. The minimum Gasteiger partial charge on any atom is -0.468 e. The maximum Gasteiger partial charge on any atom is 0.323 e. The first-order chi connectivity index (χ1) is 5.69. The Kier molecular flexibility index (Phi) is 3.54. The van der Waals surface area contributed by atoms with Gasteiger partial charge in [0.15, 0.2) is 0 Å². The highest BCUT2D eigenvalue weighted by Crippen LogP contribution is 2.18. The van der Waals surface area contributed by atoms with Crippen molar-refractivity contribution in [2.45, 2.75) is 34.6 Å². The van der Waals surface area contributed by atoms with E-state index in [1.54, 1.807) is 13.8 Å². The molecule has 74 valence electrons. The lowest BCUT2D eigenvalue weighted by Crippen LogP contribution is -2.24. The van der Waals surface area contributed by atoms with Crippen molar-refractivity contribution in [1.82, 2.24) is 0 Å². The highest BCUT2D eigenvalue weighted by atomic mass is 16.5. The normalized spacial score (nSPS) is 11.5. The third-order valence-corrected chi connectivity index (χ3v) is 1.45. The van der Waals surface area contributed by atoms with Crippen LogP contribution in [0.4, 0.5) is 0 Å². The molecule has 0 bridgehead atoms. The van der Waals surface area contributed by atoms with E-state index in [1.165, 1.54) is 7.11 Å². The van der Waals surface area contributed by atoms with Crippen LogP contribution in [0.5, 0.6) is 0 Å². The summed E-state index contributed by atoms with van der Waals surface area (Å²) in [7, 11) is 1.38. The van der Waals surface area contributed by atoms with Crippen LogP contribution < -0.4 is 0 Å². The Morgan fingerprint density at radius 1 is 1.08 bits per heavy atom. The second-order valence-electron chi connectivity index (χ2n) is 4.62. The van der Waals surface area contributed by atoms with E-state index in [0.29, 0.717) is 0 Å². The number of hydrogen-bond acceptors (Lipinski definition) is 2. The van der Waals surface area contributed by atoms with E-state index < -0.39 is 5.41 Å². The van der Waals surface area contributed by atoms with E-state index in [-0.39, 0.29) is 11.4 Å². The summed E-state index contributed by atoms with van der Waals surface area (Å²) >= 11 is 0. The summed E-state index contributed by atoms with van der Waals surface area (Å²) in [6.07, 6.45) is 0. The molecule has 0 saturated heterocycles.